The topological polar surface area (TPSA) is 91.4 Å². The number of carbonyl (C=O) groups is 3. The van der Waals surface area contributed by atoms with Gasteiger partial charge in [-0.25, -0.2) is 0 Å². The number of likely N-dealkylation sites (tertiary alicyclic amines) is 1. The van der Waals surface area contributed by atoms with E-state index >= 15 is 0 Å². The number of nitrogens with one attached hydrogen (secondary N) is 1. The maximum atomic E-state index is 13.8. The minimum absolute atomic E-state index is 0. The molecule has 0 saturated carbocycles. The van der Waals surface area contributed by atoms with E-state index in [-0.39, 0.29) is 78.2 Å². The van der Waals surface area contributed by atoms with E-state index in [2.05, 4.69) is 22.3 Å². The minimum atomic E-state index is -5.12. The van der Waals surface area contributed by atoms with Crippen molar-refractivity contribution in [3.05, 3.63) is 104 Å². The summed E-state index contributed by atoms with van der Waals surface area (Å²) in [6.07, 6.45) is -6.55. The average Bonchev–Trinajstić information content (AvgIpc) is 3.51. The van der Waals surface area contributed by atoms with Crippen LogP contribution in [0.2, 0.25) is 10.0 Å². The third kappa shape index (κ3) is 11.3. The number of amides is 3. The SMILES string of the molecule is CC(=O)NCCCCN(C)C(=O)CO[C@H]1Cc2ccccc2C12CCN(CC[C@]1(c3ccc(Cl)c(Cl)c3)CN(C(=O)c3cc(C(F)(F)F)cc(C(F)(F)F)c3)CCO1)CC2.Cl. The van der Waals surface area contributed by atoms with E-state index in [4.69, 9.17) is 32.7 Å². The van der Waals surface area contributed by atoms with Gasteiger partial charge in [-0.3, -0.25) is 14.4 Å². The molecule has 9 nitrogen and oxygen atoms in total. The highest BCUT2D eigenvalue weighted by molar-refractivity contribution is 6.42. The van der Waals surface area contributed by atoms with Crippen molar-refractivity contribution in [2.75, 3.05) is 66.1 Å². The summed E-state index contributed by atoms with van der Waals surface area (Å²) in [7, 11) is 1.74. The molecule has 18 heteroatoms. The summed E-state index contributed by atoms with van der Waals surface area (Å²) in [5.74, 6) is -1.21. The number of benzene rings is 3. The number of rotatable bonds is 13. The standard InChI is InChI=1S/C43H48Cl2F6N4O5.ClH/c1-28(56)52-14-5-6-15-53(2)38(57)26-59-37-23-29-7-3-4-8-34(29)40(37)11-16-54(17-12-40)18-13-41(31-9-10-35(44)36(45)25-31)27-55(19-20-60-41)39(58)30-21-32(42(46,47)48)24-33(22-30)43(49,50)51;/h3-4,7-10,21-22,24-25,37H,5-6,11-20,23,26-27H2,1-2H3,(H,52,56);1H/t37-,41+;/m0./s1. The van der Waals surface area contributed by atoms with Crippen molar-refractivity contribution in [3.8, 4) is 0 Å². The molecule has 3 aromatic rings. The molecule has 2 aliphatic heterocycles. The molecule has 0 unspecified atom stereocenters. The fourth-order valence-electron chi connectivity index (χ4n) is 8.69. The van der Waals surface area contributed by atoms with Crippen LogP contribution in [0.15, 0.2) is 60.7 Å². The molecule has 0 aromatic heterocycles. The van der Waals surface area contributed by atoms with Gasteiger partial charge in [0.05, 0.1) is 40.4 Å². The Bertz CT molecular complexity index is 2020. The van der Waals surface area contributed by atoms with Crippen LogP contribution in [0.25, 0.3) is 0 Å². The molecule has 0 radical (unpaired) electrons. The Hall–Kier alpha value is -3.60. The van der Waals surface area contributed by atoms with Crippen molar-refractivity contribution in [3.63, 3.8) is 0 Å². The number of ether oxygens (including phenoxy) is 2. The summed E-state index contributed by atoms with van der Waals surface area (Å²) in [4.78, 5) is 43.2. The zero-order valence-corrected chi connectivity index (χ0v) is 36.1. The second-order valence-corrected chi connectivity index (χ2v) is 16.7. The van der Waals surface area contributed by atoms with Gasteiger partial charge in [-0.05, 0) is 98.6 Å². The van der Waals surface area contributed by atoms with Crippen LogP contribution >= 0.6 is 35.6 Å². The molecule has 2 fully saturated rings. The van der Waals surface area contributed by atoms with Crippen LogP contribution in [-0.2, 0) is 48.9 Å². The van der Waals surface area contributed by atoms with Crippen LogP contribution in [0.4, 0.5) is 26.3 Å². The number of likely N-dealkylation sites (N-methyl/N-ethyl adjacent to an activating group) is 1. The van der Waals surface area contributed by atoms with Gasteiger partial charge in [-0.15, -0.1) is 12.4 Å². The van der Waals surface area contributed by atoms with E-state index in [1.54, 1.807) is 30.1 Å². The average molecular weight is 922 g/mol. The number of morpholine rings is 1. The number of nitrogens with zero attached hydrogens (tertiary/aromatic N) is 3. The molecule has 1 aliphatic carbocycles. The zero-order chi connectivity index (χ0) is 43.5. The Balaban J connectivity index is 0.00000704. The van der Waals surface area contributed by atoms with Crippen molar-refractivity contribution >= 4 is 53.3 Å². The Morgan fingerprint density at radius 1 is 0.918 bits per heavy atom. The Morgan fingerprint density at radius 3 is 2.23 bits per heavy atom. The van der Waals surface area contributed by atoms with Gasteiger partial charge in [0, 0.05) is 51.1 Å². The molecule has 2 heterocycles. The predicted molar refractivity (Wildman–Crippen MR) is 221 cm³/mol. The first kappa shape index (κ1) is 48.4. The number of piperidine rings is 1. The summed E-state index contributed by atoms with van der Waals surface area (Å²) in [6, 6.07) is 14.0. The van der Waals surface area contributed by atoms with Crippen molar-refractivity contribution in [2.24, 2.45) is 0 Å². The van der Waals surface area contributed by atoms with Crippen molar-refractivity contribution in [2.45, 2.75) is 74.9 Å². The monoisotopic (exact) mass is 920 g/mol. The van der Waals surface area contributed by atoms with Crippen LogP contribution in [0.3, 0.4) is 0 Å². The molecule has 1 spiro atoms. The van der Waals surface area contributed by atoms with Gasteiger partial charge in [0.1, 0.15) is 12.2 Å². The lowest BCUT2D eigenvalue weighted by Crippen LogP contribution is -2.54. The number of carbonyl (C=O) groups excluding carboxylic acids is 3. The third-order valence-electron chi connectivity index (χ3n) is 12.0. The Labute approximate surface area is 367 Å². The van der Waals surface area contributed by atoms with Gasteiger partial charge in [-0.2, -0.15) is 26.3 Å². The van der Waals surface area contributed by atoms with Crippen LogP contribution in [0.1, 0.15) is 77.2 Å². The molecule has 1 N–H and O–H groups in total. The van der Waals surface area contributed by atoms with Gasteiger partial charge in [0.2, 0.25) is 11.8 Å². The first-order valence-electron chi connectivity index (χ1n) is 19.9. The summed E-state index contributed by atoms with van der Waals surface area (Å²) >= 11 is 12.7. The highest BCUT2D eigenvalue weighted by Gasteiger charge is 2.50. The van der Waals surface area contributed by atoms with Crippen LogP contribution in [-0.4, -0.2) is 105 Å². The lowest BCUT2D eigenvalue weighted by molar-refractivity contribution is -0.143. The van der Waals surface area contributed by atoms with Crippen LogP contribution in [0, 0.1) is 0 Å². The molecule has 2 saturated heterocycles. The third-order valence-corrected chi connectivity index (χ3v) is 12.8. The Kier molecular flexibility index (Phi) is 15.8. The van der Waals surface area contributed by atoms with Gasteiger partial charge in [0.25, 0.3) is 5.91 Å². The molecular weight excluding hydrogens is 873 g/mol. The summed E-state index contributed by atoms with van der Waals surface area (Å²) < 4.78 is 95.3. The zero-order valence-electron chi connectivity index (χ0n) is 33.8. The molecule has 61 heavy (non-hydrogen) atoms. The predicted octanol–water partition coefficient (Wildman–Crippen LogP) is 8.56. The first-order chi connectivity index (χ1) is 28.3. The summed E-state index contributed by atoms with van der Waals surface area (Å²) in [5, 5.41) is 3.24. The number of fused-ring (bicyclic) bond motifs is 2. The van der Waals surface area contributed by atoms with Gasteiger partial charge >= 0.3 is 12.4 Å². The Morgan fingerprint density at radius 2 is 1.59 bits per heavy atom. The number of alkyl halides is 6. The molecular formula is C43H49Cl3F6N4O5. The van der Waals surface area contributed by atoms with Gasteiger partial charge in [0.15, 0.2) is 0 Å². The normalized spacial score (nSPS) is 20.2. The fraction of sp³-hybridized carbons (Fsp3) is 0.512. The smallest absolute Gasteiger partial charge is 0.367 e. The number of unbranched alkanes of at least 4 members (excludes halogenated alkanes) is 1. The van der Waals surface area contributed by atoms with E-state index in [1.807, 2.05) is 12.1 Å². The molecule has 2 atom stereocenters. The van der Waals surface area contributed by atoms with E-state index in [0.29, 0.717) is 63.3 Å². The highest BCUT2D eigenvalue weighted by atomic mass is 35.5. The van der Waals surface area contributed by atoms with Crippen LogP contribution in [0.5, 0.6) is 0 Å². The lowest BCUT2D eigenvalue weighted by Gasteiger charge is -2.46. The van der Waals surface area contributed by atoms with Gasteiger partial charge in [-0.1, -0.05) is 53.5 Å². The van der Waals surface area contributed by atoms with E-state index in [1.165, 1.54) is 23.0 Å². The molecule has 334 valence electrons. The summed E-state index contributed by atoms with van der Waals surface area (Å²) in [5.41, 5.74) is -2.51. The number of halogens is 9. The fourth-order valence-corrected chi connectivity index (χ4v) is 8.99. The maximum Gasteiger partial charge on any atom is 0.416 e. The van der Waals surface area contributed by atoms with E-state index < -0.39 is 40.6 Å². The highest BCUT2D eigenvalue weighted by Crippen LogP contribution is 2.48. The molecule has 3 aliphatic rings. The van der Waals surface area contributed by atoms with Crippen molar-refractivity contribution in [1.29, 1.82) is 0 Å². The first-order valence-corrected chi connectivity index (χ1v) is 20.7. The van der Waals surface area contributed by atoms with E-state index in [9.17, 15) is 40.7 Å². The van der Waals surface area contributed by atoms with E-state index in [0.717, 1.165) is 25.7 Å². The summed E-state index contributed by atoms with van der Waals surface area (Å²) in [6.45, 7) is 3.99. The second kappa shape index (κ2) is 19.8. The molecule has 3 aromatic carbocycles. The quantitative estimate of drug-likeness (QED) is 0.137. The van der Waals surface area contributed by atoms with Crippen molar-refractivity contribution < 1.29 is 50.2 Å². The number of hydrogen-bond donors (Lipinski definition) is 1. The molecule has 6 rings (SSSR count). The maximum absolute atomic E-state index is 13.8. The minimum Gasteiger partial charge on any atom is -0.367 e. The van der Waals surface area contributed by atoms with Crippen LogP contribution < -0.4 is 5.32 Å². The number of hydrogen-bond acceptors (Lipinski definition) is 6. The second-order valence-electron chi connectivity index (χ2n) is 15.9. The lowest BCUT2D eigenvalue weighted by atomic mass is 9.72. The molecule has 0 bridgehead atoms. The molecule has 3 amide bonds. The largest absolute Gasteiger partial charge is 0.416 e. The van der Waals surface area contributed by atoms with Crippen molar-refractivity contribution in [1.82, 2.24) is 20.0 Å². The van der Waals surface area contributed by atoms with Gasteiger partial charge < -0.3 is 29.5 Å².